The fourth-order valence-corrected chi connectivity index (χ4v) is 7.16. The summed E-state index contributed by atoms with van der Waals surface area (Å²) in [5, 5.41) is 15.2. The number of rotatable bonds is 12. The number of hydrogen-bond acceptors (Lipinski definition) is 7. The number of carbonyl (C=O) groups excluding carboxylic acids is 3. The normalized spacial score (nSPS) is 29.4. The molecule has 10 heteroatoms. The zero-order chi connectivity index (χ0) is 30.1. The molecule has 2 aromatic rings. The lowest BCUT2D eigenvalue weighted by atomic mass is 9.62. The van der Waals surface area contributed by atoms with Gasteiger partial charge in [0.2, 0.25) is 17.7 Å². The summed E-state index contributed by atoms with van der Waals surface area (Å²) in [4.78, 5) is 43.8. The molecule has 0 aromatic heterocycles. The molecule has 2 aromatic carbocycles. The fraction of sp³-hybridized carbons (Fsp3) is 0.531. The van der Waals surface area contributed by atoms with E-state index in [2.05, 4.69) is 10.6 Å². The van der Waals surface area contributed by atoms with Crippen molar-refractivity contribution in [3.8, 4) is 11.5 Å². The first-order valence-electron chi connectivity index (χ1n) is 14.8. The summed E-state index contributed by atoms with van der Waals surface area (Å²) in [5.74, 6) is -1.17. The lowest BCUT2D eigenvalue weighted by Crippen LogP contribution is -2.54. The summed E-state index contributed by atoms with van der Waals surface area (Å²) >= 11 is 0. The van der Waals surface area contributed by atoms with Crippen LogP contribution in [0.5, 0.6) is 11.5 Å². The molecule has 6 atom stereocenters. The minimum Gasteiger partial charge on any atom is -0.497 e. The Labute approximate surface area is 246 Å². The van der Waals surface area contributed by atoms with Crippen LogP contribution in [-0.2, 0) is 19.1 Å². The molecule has 3 aliphatic heterocycles. The first kappa shape index (κ1) is 29.8. The number of ether oxygens (including phenoxy) is 3. The Morgan fingerprint density at radius 2 is 1.62 bits per heavy atom. The predicted octanol–water partition coefficient (Wildman–Crippen LogP) is 3.84. The number of carbonyl (C=O) groups is 3. The van der Waals surface area contributed by atoms with E-state index in [1.54, 1.807) is 60.5 Å². The number of benzene rings is 2. The standard InChI is InChI=1S/C32H41N3O7/c1-5-41-24-15-11-21(12-16-24)33-28(37)25-26-30(39)35(17-7-6-8-18-36)27(32(26)19-20(2)31(25,3)42-32)29(38)34-22-9-13-23(40-4)14-10-22/h9-16,20,25-27,36H,5-8,17-19H2,1-4H3,(H,33,37)(H,34,38)/t20?,25-,26-,27?,31+,32?/m0/s1. The van der Waals surface area contributed by atoms with Gasteiger partial charge >= 0.3 is 0 Å². The van der Waals surface area contributed by atoms with E-state index < -0.39 is 29.1 Å². The number of likely N-dealkylation sites (tertiary alicyclic amines) is 1. The number of methoxy groups -OCH3 is 1. The lowest BCUT2D eigenvalue weighted by molar-refractivity contribution is -0.144. The quantitative estimate of drug-likeness (QED) is 0.326. The second-order valence-electron chi connectivity index (χ2n) is 11.7. The summed E-state index contributed by atoms with van der Waals surface area (Å²) in [6.45, 7) is 6.76. The largest absolute Gasteiger partial charge is 0.497 e. The van der Waals surface area contributed by atoms with Gasteiger partial charge in [0.25, 0.3) is 0 Å². The van der Waals surface area contributed by atoms with Gasteiger partial charge in [-0.05, 0) is 94.0 Å². The maximum absolute atomic E-state index is 14.2. The molecule has 3 amide bonds. The number of anilines is 2. The van der Waals surface area contributed by atoms with Crippen molar-refractivity contribution in [1.29, 1.82) is 0 Å². The Morgan fingerprint density at radius 1 is 1.00 bits per heavy atom. The summed E-state index contributed by atoms with van der Waals surface area (Å²) < 4.78 is 17.5. The molecular weight excluding hydrogens is 538 g/mol. The zero-order valence-electron chi connectivity index (χ0n) is 24.7. The maximum Gasteiger partial charge on any atom is 0.250 e. The van der Waals surface area contributed by atoms with Gasteiger partial charge in [0.15, 0.2) is 0 Å². The smallest absolute Gasteiger partial charge is 0.250 e. The van der Waals surface area contributed by atoms with E-state index in [-0.39, 0.29) is 30.2 Å². The highest BCUT2D eigenvalue weighted by molar-refractivity contribution is 6.05. The molecule has 5 rings (SSSR count). The topological polar surface area (TPSA) is 126 Å². The van der Waals surface area contributed by atoms with Gasteiger partial charge in [-0.3, -0.25) is 14.4 Å². The Hall–Kier alpha value is -3.63. The second-order valence-corrected chi connectivity index (χ2v) is 11.7. The van der Waals surface area contributed by atoms with Gasteiger partial charge in [-0.2, -0.15) is 0 Å². The molecule has 0 radical (unpaired) electrons. The van der Waals surface area contributed by atoms with Crippen molar-refractivity contribution in [3.05, 3.63) is 48.5 Å². The Kier molecular flexibility index (Phi) is 8.48. The molecule has 3 unspecified atom stereocenters. The average molecular weight is 580 g/mol. The van der Waals surface area contributed by atoms with Crippen molar-refractivity contribution in [2.45, 2.75) is 63.7 Å². The number of aliphatic hydroxyl groups is 1. The molecule has 3 heterocycles. The highest BCUT2D eigenvalue weighted by Gasteiger charge is 2.79. The molecule has 2 bridgehead atoms. The van der Waals surface area contributed by atoms with Crippen molar-refractivity contribution in [2.24, 2.45) is 17.8 Å². The van der Waals surface area contributed by atoms with Crippen LogP contribution in [0.15, 0.2) is 48.5 Å². The minimum absolute atomic E-state index is 0.0642. The summed E-state index contributed by atoms with van der Waals surface area (Å²) in [7, 11) is 1.57. The summed E-state index contributed by atoms with van der Waals surface area (Å²) in [6, 6.07) is 13.2. The first-order valence-corrected chi connectivity index (χ1v) is 14.8. The van der Waals surface area contributed by atoms with Crippen molar-refractivity contribution in [2.75, 3.05) is 37.5 Å². The molecule has 3 N–H and O–H groups in total. The maximum atomic E-state index is 14.2. The van der Waals surface area contributed by atoms with Gasteiger partial charge in [0.05, 0.1) is 31.2 Å². The number of nitrogens with one attached hydrogen (secondary N) is 2. The van der Waals surface area contributed by atoms with Gasteiger partial charge < -0.3 is 34.9 Å². The number of aliphatic hydroxyl groups excluding tert-OH is 1. The first-order chi connectivity index (χ1) is 20.2. The summed E-state index contributed by atoms with van der Waals surface area (Å²) in [6.07, 6.45) is 2.43. The van der Waals surface area contributed by atoms with Crippen LogP contribution >= 0.6 is 0 Å². The van der Waals surface area contributed by atoms with Gasteiger partial charge in [0, 0.05) is 24.5 Å². The summed E-state index contributed by atoms with van der Waals surface area (Å²) in [5.41, 5.74) is -0.891. The molecular formula is C32H41N3O7. The second kappa shape index (κ2) is 11.9. The van der Waals surface area contributed by atoms with E-state index in [1.165, 1.54) is 0 Å². The van der Waals surface area contributed by atoms with E-state index >= 15 is 0 Å². The Morgan fingerprint density at radius 3 is 2.21 bits per heavy atom. The third-order valence-electron chi connectivity index (χ3n) is 9.19. The molecule has 3 saturated heterocycles. The van der Waals surface area contributed by atoms with E-state index in [0.717, 1.165) is 0 Å². The van der Waals surface area contributed by atoms with Crippen LogP contribution in [0.2, 0.25) is 0 Å². The van der Waals surface area contributed by atoms with Crippen molar-refractivity contribution < 1.29 is 33.7 Å². The van der Waals surface area contributed by atoms with Crippen LogP contribution < -0.4 is 20.1 Å². The van der Waals surface area contributed by atoms with E-state index in [0.29, 0.717) is 61.7 Å². The molecule has 0 saturated carbocycles. The zero-order valence-corrected chi connectivity index (χ0v) is 24.7. The number of nitrogens with zero attached hydrogens (tertiary/aromatic N) is 1. The van der Waals surface area contributed by atoms with Crippen molar-refractivity contribution in [3.63, 3.8) is 0 Å². The van der Waals surface area contributed by atoms with E-state index in [9.17, 15) is 19.5 Å². The van der Waals surface area contributed by atoms with Gasteiger partial charge in [0.1, 0.15) is 23.1 Å². The van der Waals surface area contributed by atoms with Crippen LogP contribution in [0.25, 0.3) is 0 Å². The predicted molar refractivity (Wildman–Crippen MR) is 157 cm³/mol. The molecule has 10 nitrogen and oxygen atoms in total. The lowest BCUT2D eigenvalue weighted by Gasteiger charge is -2.36. The third kappa shape index (κ3) is 5.11. The van der Waals surface area contributed by atoms with Gasteiger partial charge in [-0.25, -0.2) is 0 Å². The highest BCUT2D eigenvalue weighted by atomic mass is 16.5. The van der Waals surface area contributed by atoms with Crippen LogP contribution in [0, 0.1) is 17.8 Å². The average Bonchev–Trinajstić information content (AvgIpc) is 3.49. The third-order valence-corrected chi connectivity index (χ3v) is 9.19. The molecule has 3 fully saturated rings. The number of fused-ring (bicyclic) bond motifs is 1. The van der Waals surface area contributed by atoms with Crippen molar-refractivity contribution in [1.82, 2.24) is 4.90 Å². The van der Waals surface area contributed by atoms with E-state index in [1.807, 2.05) is 20.8 Å². The molecule has 226 valence electrons. The Balaban J connectivity index is 1.45. The number of hydrogen-bond donors (Lipinski definition) is 3. The molecule has 0 aliphatic carbocycles. The van der Waals surface area contributed by atoms with Crippen molar-refractivity contribution >= 4 is 29.1 Å². The molecule has 42 heavy (non-hydrogen) atoms. The number of unbranched alkanes of at least 4 members (excludes halogenated alkanes) is 2. The Bertz CT molecular complexity index is 1300. The van der Waals surface area contributed by atoms with E-state index in [4.69, 9.17) is 14.2 Å². The highest BCUT2D eigenvalue weighted by Crippen LogP contribution is 2.65. The van der Waals surface area contributed by atoms with Gasteiger partial charge in [-0.1, -0.05) is 6.92 Å². The SMILES string of the molecule is CCOc1ccc(NC(=O)[C@@H]2[C@H]3C(=O)N(CCCCCO)C(C(=O)Nc4ccc(OC)cc4)C34CC(C)[C@@]2(C)O4)cc1. The number of amides is 3. The van der Waals surface area contributed by atoms with Crippen LogP contribution in [0.1, 0.15) is 46.5 Å². The minimum atomic E-state index is -1.14. The van der Waals surface area contributed by atoms with Crippen LogP contribution in [-0.4, -0.2) is 71.8 Å². The molecule has 1 spiro atoms. The van der Waals surface area contributed by atoms with Gasteiger partial charge in [-0.15, -0.1) is 0 Å². The monoisotopic (exact) mass is 579 g/mol. The van der Waals surface area contributed by atoms with Crippen LogP contribution in [0.3, 0.4) is 0 Å². The van der Waals surface area contributed by atoms with Crippen LogP contribution in [0.4, 0.5) is 11.4 Å². The molecule has 3 aliphatic rings. The fourth-order valence-electron chi connectivity index (χ4n) is 7.16.